The van der Waals surface area contributed by atoms with E-state index in [2.05, 4.69) is 10.4 Å². The van der Waals surface area contributed by atoms with Gasteiger partial charge >= 0.3 is 0 Å². The van der Waals surface area contributed by atoms with Gasteiger partial charge in [-0.1, -0.05) is 18.2 Å². The van der Waals surface area contributed by atoms with Gasteiger partial charge in [0.2, 0.25) is 5.91 Å². The van der Waals surface area contributed by atoms with Crippen LogP contribution < -0.4 is 5.32 Å². The van der Waals surface area contributed by atoms with Crippen molar-refractivity contribution < 1.29 is 9.59 Å². The average Bonchev–Trinajstić information content (AvgIpc) is 3.26. The summed E-state index contributed by atoms with van der Waals surface area (Å²) in [5.41, 5.74) is 2.66. The first-order chi connectivity index (χ1) is 12.6. The van der Waals surface area contributed by atoms with Gasteiger partial charge in [-0.2, -0.15) is 5.10 Å². The van der Waals surface area contributed by atoms with Crippen LogP contribution in [0.4, 0.5) is 0 Å². The molecular formula is C19H21N5O2. The minimum Gasteiger partial charge on any atom is -0.359 e. The lowest BCUT2D eigenvalue weighted by molar-refractivity contribution is -0.121. The number of benzene rings is 1. The van der Waals surface area contributed by atoms with E-state index in [1.165, 1.54) is 0 Å². The number of para-hydroxylation sites is 1. The van der Waals surface area contributed by atoms with Gasteiger partial charge in [0.25, 0.3) is 5.91 Å². The van der Waals surface area contributed by atoms with Gasteiger partial charge in [0.15, 0.2) is 0 Å². The fourth-order valence-corrected chi connectivity index (χ4v) is 3.69. The highest BCUT2D eigenvalue weighted by atomic mass is 16.2. The van der Waals surface area contributed by atoms with Crippen LogP contribution in [0.2, 0.25) is 0 Å². The van der Waals surface area contributed by atoms with Gasteiger partial charge in [-0.15, -0.1) is 0 Å². The molecule has 0 aliphatic carbocycles. The normalized spacial score (nSPS) is 16.5. The lowest BCUT2D eigenvalue weighted by Gasteiger charge is -2.33. The van der Waals surface area contributed by atoms with Crippen LogP contribution in [0.15, 0.2) is 42.7 Å². The van der Waals surface area contributed by atoms with Crippen LogP contribution in [0.1, 0.15) is 28.5 Å². The number of nitrogens with zero attached hydrogens (tertiary/aromatic N) is 4. The Kier molecular flexibility index (Phi) is 3.99. The summed E-state index contributed by atoms with van der Waals surface area (Å²) >= 11 is 0. The number of aryl methyl sites for hydroxylation is 1. The van der Waals surface area contributed by atoms with Crippen molar-refractivity contribution in [3.8, 4) is 0 Å². The lowest BCUT2D eigenvalue weighted by atomic mass is 10.1. The summed E-state index contributed by atoms with van der Waals surface area (Å²) < 4.78 is 3.83. The monoisotopic (exact) mass is 351 g/mol. The fourth-order valence-electron chi connectivity index (χ4n) is 3.69. The maximum Gasteiger partial charge on any atom is 0.256 e. The second-order valence-electron chi connectivity index (χ2n) is 6.65. The zero-order valence-corrected chi connectivity index (χ0v) is 14.8. The summed E-state index contributed by atoms with van der Waals surface area (Å²) in [5.74, 6) is -0.0768. The highest BCUT2D eigenvalue weighted by Crippen LogP contribution is 2.27. The number of aromatic nitrogens is 3. The molecule has 0 spiro atoms. The summed E-state index contributed by atoms with van der Waals surface area (Å²) in [7, 11) is 3.56. The molecule has 0 radical (unpaired) electrons. The molecule has 0 bridgehead atoms. The third kappa shape index (κ3) is 2.65. The molecule has 0 saturated heterocycles. The highest BCUT2D eigenvalue weighted by Gasteiger charge is 2.31. The topological polar surface area (TPSA) is 72.2 Å². The number of carbonyl (C=O) groups is 2. The molecule has 1 unspecified atom stereocenters. The van der Waals surface area contributed by atoms with Crippen LogP contribution in [-0.2, 0) is 18.4 Å². The summed E-state index contributed by atoms with van der Waals surface area (Å²) in [6, 6.07) is 9.63. The Morgan fingerprint density at radius 3 is 2.88 bits per heavy atom. The first-order valence-corrected chi connectivity index (χ1v) is 8.64. The van der Waals surface area contributed by atoms with Crippen molar-refractivity contribution in [2.75, 3.05) is 13.6 Å². The molecule has 1 aromatic carbocycles. The standard InChI is InChI=1S/C19H21N5O2/c1-20-18(25)9-14-11-23(10-13-7-8-21-24(13)14)19(26)16-12-22(2)17-6-4-3-5-15(16)17/h3-8,12,14H,9-11H2,1-2H3,(H,20,25). The summed E-state index contributed by atoms with van der Waals surface area (Å²) in [5, 5.41) is 7.94. The molecule has 3 heterocycles. The third-order valence-corrected chi connectivity index (χ3v) is 5.00. The molecule has 1 aliphatic heterocycles. The Morgan fingerprint density at radius 1 is 1.27 bits per heavy atom. The van der Waals surface area contributed by atoms with E-state index in [1.54, 1.807) is 13.2 Å². The predicted octanol–water partition coefficient (Wildman–Crippen LogP) is 1.71. The quantitative estimate of drug-likeness (QED) is 0.781. The molecule has 1 atom stereocenters. The molecule has 2 amide bonds. The van der Waals surface area contributed by atoms with Crippen molar-refractivity contribution in [3.05, 3.63) is 54.0 Å². The van der Waals surface area contributed by atoms with Crippen LogP contribution in [0, 0.1) is 0 Å². The molecule has 2 aromatic heterocycles. The third-order valence-electron chi connectivity index (χ3n) is 5.00. The molecule has 0 fully saturated rings. The van der Waals surface area contributed by atoms with Crippen molar-refractivity contribution >= 4 is 22.7 Å². The molecule has 7 nitrogen and oxygen atoms in total. The van der Waals surface area contributed by atoms with Crippen LogP contribution in [-0.4, -0.2) is 44.7 Å². The van der Waals surface area contributed by atoms with Crippen molar-refractivity contribution in [1.82, 2.24) is 24.6 Å². The lowest BCUT2D eigenvalue weighted by Crippen LogP contribution is -2.42. The van der Waals surface area contributed by atoms with E-state index in [0.717, 1.165) is 16.6 Å². The van der Waals surface area contributed by atoms with Gasteiger partial charge in [-0.05, 0) is 12.1 Å². The molecule has 134 valence electrons. The predicted molar refractivity (Wildman–Crippen MR) is 97.6 cm³/mol. The largest absolute Gasteiger partial charge is 0.359 e. The van der Waals surface area contributed by atoms with Gasteiger partial charge in [-0.3, -0.25) is 14.3 Å². The molecule has 0 saturated carbocycles. The number of amides is 2. The molecule has 1 aliphatic rings. The van der Waals surface area contributed by atoms with E-state index >= 15 is 0 Å². The van der Waals surface area contributed by atoms with Gasteiger partial charge in [-0.25, -0.2) is 0 Å². The first-order valence-electron chi connectivity index (χ1n) is 8.64. The van der Waals surface area contributed by atoms with Crippen LogP contribution in [0.5, 0.6) is 0 Å². The van der Waals surface area contributed by atoms with Crippen LogP contribution in [0.25, 0.3) is 10.9 Å². The molecule has 1 N–H and O–H groups in total. The van der Waals surface area contributed by atoms with Gasteiger partial charge in [0, 0.05) is 43.9 Å². The van der Waals surface area contributed by atoms with E-state index < -0.39 is 0 Å². The summed E-state index contributed by atoms with van der Waals surface area (Å²) in [4.78, 5) is 26.9. The van der Waals surface area contributed by atoms with E-state index in [9.17, 15) is 9.59 Å². The van der Waals surface area contributed by atoms with Crippen molar-refractivity contribution in [1.29, 1.82) is 0 Å². The Morgan fingerprint density at radius 2 is 2.08 bits per heavy atom. The second kappa shape index (κ2) is 6.33. The van der Waals surface area contributed by atoms with E-state index in [0.29, 0.717) is 25.1 Å². The number of nitrogens with one attached hydrogen (secondary N) is 1. The second-order valence-corrected chi connectivity index (χ2v) is 6.65. The van der Waals surface area contributed by atoms with Crippen LogP contribution >= 0.6 is 0 Å². The summed E-state index contributed by atoms with van der Waals surface area (Å²) in [6.07, 6.45) is 3.90. The number of hydrogen-bond donors (Lipinski definition) is 1. The Bertz CT molecular complexity index is 987. The number of rotatable bonds is 3. The molecule has 4 rings (SSSR count). The highest BCUT2D eigenvalue weighted by molar-refractivity contribution is 6.07. The Labute approximate surface area is 151 Å². The first kappa shape index (κ1) is 16.4. The number of hydrogen-bond acceptors (Lipinski definition) is 3. The number of fused-ring (bicyclic) bond motifs is 2. The maximum absolute atomic E-state index is 13.2. The Hall–Kier alpha value is -3.09. The number of carbonyl (C=O) groups excluding carboxylic acids is 2. The van der Waals surface area contributed by atoms with Crippen molar-refractivity contribution in [2.45, 2.75) is 19.0 Å². The fraction of sp³-hybridized carbons (Fsp3) is 0.316. The molecule has 26 heavy (non-hydrogen) atoms. The zero-order valence-electron chi connectivity index (χ0n) is 14.8. The zero-order chi connectivity index (χ0) is 18.3. The SMILES string of the molecule is CNC(=O)CC1CN(C(=O)c2cn(C)c3ccccc23)Cc2ccnn21. The maximum atomic E-state index is 13.2. The van der Waals surface area contributed by atoms with Gasteiger partial charge in [0.05, 0.1) is 30.3 Å². The van der Waals surface area contributed by atoms with Gasteiger partial charge < -0.3 is 14.8 Å². The van der Waals surface area contributed by atoms with Crippen molar-refractivity contribution in [2.24, 2.45) is 7.05 Å². The minimum atomic E-state index is -0.160. The smallest absolute Gasteiger partial charge is 0.256 e. The summed E-state index contributed by atoms with van der Waals surface area (Å²) in [6.45, 7) is 0.955. The van der Waals surface area contributed by atoms with E-state index in [4.69, 9.17) is 0 Å². The molecule has 7 heteroatoms. The molecule has 3 aromatic rings. The van der Waals surface area contributed by atoms with Gasteiger partial charge in [0.1, 0.15) is 0 Å². The van der Waals surface area contributed by atoms with E-state index in [-0.39, 0.29) is 17.9 Å². The minimum absolute atomic E-state index is 0.0174. The molecular weight excluding hydrogens is 330 g/mol. The van der Waals surface area contributed by atoms with E-state index in [1.807, 2.05) is 57.7 Å². The average molecular weight is 351 g/mol. The van der Waals surface area contributed by atoms with Crippen LogP contribution in [0.3, 0.4) is 0 Å². The van der Waals surface area contributed by atoms with Crippen molar-refractivity contribution in [3.63, 3.8) is 0 Å². The Balaban J connectivity index is 1.67.